The van der Waals surface area contributed by atoms with Crippen LogP contribution in [0.15, 0.2) is 15.9 Å². The molecule has 2 unspecified atom stereocenters. The lowest BCUT2D eigenvalue weighted by atomic mass is 9.82. The van der Waals surface area contributed by atoms with Crippen LogP contribution in [0.3, 0.4) is 0 Å². The van der Waals surface area contributed by atoms with Gasteiger partial charge in [0.1, 0.15) is 6.04 Å². The van der Waals surface area contributed by atoms with E-state index in [9.17, 15) is 32.7 Å². The van der Waals surface area contributed by atoms with Crippen LogP contribution in [0.2, 0.25) is 0 Å². The largest absolute Gasteiger partial charge is 0.480 e. The van der Waals surface area contributed by atoms with Crippen molar-refractivity contribution in [2.45, 2.75) is 63.2 Å². The molecule has 0 spiro atoms. The number of aryl methyl sites for hydroxylation is 1. The van der Waals surface area contributed by atoms with E-state index in [0.29, 0.717) is 37.0 Å². The summed E-state index contributed by atoms with van der Waals surface area (Å²) >= 11 is 4.77. The summed E-state index contributed by atoms with van der Waals surface area (Å²) in [6.45, 7) is 0. The Balaban J connectivity index is 1.67. The number of carbonyl (C=O) groups is 3. The van der Waals surface area contributed by atoms with Crippen LogP contribution in [0, 0.1) is 11.8 Å². The van der Waals surface area contributed by atoms with Gasteiger partial charge in [0.2, 0.25) is 5.91 Å². The number of nitrogens with one attached hydrogen (secondary N) is 1. The van der Waals surface area contributed by atoms with Gasteiger partial charge in [0.15, 0.2) is 6.04 Å². The van der Waals surface area contributed by atoms with Gasteiger partial charge in [-0.05, 0) is 59.7 Å². The van der Waals surface area contributed by atoms with Crippen molar-refractivity contribution >= 4 is 45.2 Å². The molecule has 0 bridgehead atoms. The Morgan fingerprint density at radius 1 is 1.27 bits per heavy atom. The van der Waals surface area contributed by atoms with Crippen LogP contribution in [0.4, 0.5) is 18.0 Å². The van der Waals surface area contributed by atoms with E-state index in [1.165, 1.54) is 11.3 Å². The van der Waals surface area contributed by atoms with Crippen LogP contribution in [-0.4, -0.2) is 46.2 Å². The molecule has 3 rings (SSSR count). The zero-order chi connectivity index (χ0) is 22.1. The molecule has 2 N–H and O–H groups in total. The first-order chi connectivity index (χ1) is 14.1. The zero-order valence-electron chi connectivity index (χ0n) is 16.0. The fraction of sp³-hybridized carbons (Fsp3) is 0.632. The molecule has 11 heteroatoms. The molecule has 30 heavy (non-hydrogen) atoms. The van der Waals surface area contributed by atoms with Gasteiger partial charge in [-0.1, -0.05) is 19.3 Å². The molecule has 0 aromatic carbocycles. The standard InChI is InChI=1S/C19H22BrF3N2O4S/c20-13-9-7-11(30-13)6-8-12-14(17(27)28)25(16(12)26)18(29)24-15(19(21,22)23)10-4-2-1-3-5-10/h7,9-10,12,14-15H,1-6,8H2,(H,24,29)(H,27,28)/t12-,14?,15?/m1/s1. The smallest absolute Gasteiger partial charge is 0.408 e. The first-order valence-electron chi connectivity index (χ1n) is 9.77. The molecule has 0 radical (unpaired) electrons. The summed E-state index contributed by atoms with van der Waals surface area (Å²) in [4.78, 5) is 38.0. The molecular formula is C19H22BrF3N2O4S. The van der Waals surface area contributed by atoms with Gasteiger partial charge in [-0.25, -0.2) is 14.5 Å². The number of hydrogen-bond acceptors (Lipinski definition) is 4. The van der Waals surface area contributed by atoms with Crippen molar-refractivity contribution in [2.24, 2.45) is 11.8 Å². The van der Waals surface area contributed by atoms with Gasteiger partial charge in [-0.3, -0.25) is 4.79 Å². The summed E-state index contributed by atoms with van der Waals surface area (Å²) in [5, 5.41) is 11.4. The van der Waals surface area contributed by atoms with E-state index in [4.69, 9.17) is 0 Å². The van der Waals surface area contributed by atoms with Gasteiger partial charge < -0.3 is 10.4 Å². The molecule has 1 aliphatic heterocycles. The molecular weight excluding hydrogens is 489 g/mol. The van der Waals surface area contributed by atoms with Crippen molar-refractivity contribution in [1.29, 1.82) is 0 Å². The van der Waals surface area contributed by atoms with E-state index in [-0.39, 0.29) is 6.42 Å². The number of urea groups is 1. The van der Waals surface area contributed by atoms with Crippen molar-refractivity contribution in [3.63, 3.8) is 0 Å². The molecule has 1 saturated carbocycles. The van der Waals surface area contributed by atoms with Gasteiger partial charge in [-0.15, -0.1) is 11.3 Å². The SMILES string of the molecule is O=C(O)C1[C@@H](CCc2ccc(Br)s2)C(=O)N1C(=O)NC(C1CCCCC1)C(F)(F)F. The van der Waals surface area contributed by atoms with E-state index in [2.05, 4.69) is 15.9 Å². The van der Waals surface area contributed by atoms with Crippen LogP contribution in [-0.2, 0) is 16.0 Å². The van der Waals surface area contributed by atoms with Crippen LogP contribution in [0.5, 0.6) is 0 Å². The quantitative estimate of drug-likeness (QED) is 0.548. The minimum absolute atomic E-state index is 0.206. The van der Waals surface area contributed by atoms with E-state index < -0.39 is 48.0 Å². The second kappa shape index (κ2) is 9.25. The van der Waals surface area contributed by atoms with Gasteiger partial charge in [0, 0.05) is 4.88 Å². The number of carboxylic acid groups (broad SMARTS) is 1. The lowest BCUT2D eigenvalue weighted by molar-refractivity contribution is -0.173. The Morgan fingerprint density at radius 2 is 1.93 bits per heavy atom. The van der Waals surface area contributed by atoms with Gasteiger partial charge in [-0.2, -0.15) is 13.2 Å². The summed E-state index contributed by atoms with van der Waals surface area (Å²) in [5.74, 6) is -3.85. The summed E-state index contributed by atoms with van der Waals surface area (Å²) in [6, 6.07) is -1.15. The molecule has 1 aliphatic carbocycles. The number of β-lactam (4-membered cyclic amide) rings is 1. The molecule has 166 valence electrons. The average molecular weight is 511 g/mol. The number of alkyl halides is 3. The highest BCUT2D eigenvalue weighted by atomic mass is 79.9. The van der Waals surface area contributed by atoms with Gasteiger partial charge in [0.25, 0.3) is 0 Å². The molecule has 6 nitrogen and oxygen atoms in total. The number of amides is 3. The highest BCUT2D eigenvalue weighted by Gasteiger charge is 2.56. The van der Waals surface area contributed by atoms with Crippen LogP contribution < -0.4 is 5.32 Å². The summed E-state index contributed by atoms with van der Waals surface area (Å²) in [6.07, 6.45) is -1.21. The average Bonchev–Trinajstić information content (AvgIpc) is 3.08. The van der Waals surface area contributed by atoms with E-state index >= 15 is 0 Å². The molecule has 1 saturated heterocycles. The number of rotatable bonds is 6. The molecule has 1 aromatic heterocycles. The van der Waals surface area contributed by atoms with Crippen molar-refractivity contribution < 1.29 is 32.7 Å². The van der Waals surface area contributed by atoms with E-state index in [1.54, 1.807) is 0 Å². The normalized spacial score (nSPS) is 23.7. The topological polar surface area (TPSA) is 86.7 Å². The summed E-state index contributed by atoms with van der Waals surface area (Å²) in [5.41, 5.74) is 0. The number of halogens is 4. The lowest BCUT2D eigenvalue weighted by Gasteiger charge is -2.44. The Kier molecular flexibility index (Phi) is 7.11. The number of likely N-dealkylation sites (tertiary alicyclic amines) is 1. The first-order valence-corrected chi connectivity index (χ1v) is 11.4. The van der Waals surface area contributed by atoms with Crippen molar-refractivity contribution in [3.05, 3.63) is 20.8 Å². The Hall–Kier alpha value is -1.62. The number of imide groups is 1. The Bertz CT molecular complexity index is 810. The third kappa shape index (κ3) is 4.99. The maximum Gasteiger partial charge on any atom is 0.408 e. The van der Waals surface area contributed by atoms with E-state index in [1.807, 2.05) is 17.4 Å². The molecule has 3 amide bonds. The van der Waals surface area contributed by atoms with Gasteiger partial charge >= 0.3 is 18.2 Å². The minimum atomic E-state index is -4.67. The number of aliphatic carboxylic acids is 1. The molecule has 1 aromatic rings. The third-order valence-electron chi connectivity index (χ3n) is 5.77. The zero-order valence-corrected chi connectivity index (χ0v) is 18.4. The third-order valence-corrected chi connectivity index (χ3v) is 7.45. The van der Waals surface area contributed by atoms with Crippen molar-refractivity contribution in [3.8, 4) is 0 Å². The van der Waals surface area contributed by atoms with Gasteiger partial charge in [0.05, 0.1) is 9.70 Å². The number of nitrogens with zero attached hydrogens (tertiary/aromatic N) is 1. The Labute approximate surface area is 183 Å². The second-order valence-corrected chi connectivity index (χ2v) is 10.3. The van der Waals surface area contributed by atoms with E-state index in [0.717, 1.165) is 15.1 Å². The summed E-state index contributed by atoms with van der Waals surface area (Å²) in [7, 11) is 0. The maximum absolute atomic E-state index is 13.6. The predicted molar refractivity (Wildman–Crippen MR) is 107 cm³/mol. The highest BCUT2D eigenvalue weighted by molar-refractivity contribution is 9.11. The molecule has 3 atom stereocenters. The van der Waals surface area contributed by atoms with Crippen LogP contribution >= 0.6 is 27.3 Å². The number of hydrogen-bond donors (Lipinski definition) is 2. The fourth-order valence-corrected chi connectivity index (χ4v) is 5.76. The highest BCUT2D eigenvalue weighted by Crippen LogP contribution is 2.37. The molecule has 2 aliphatic rings. The molecule has 2 heterocycles. The second-order valence-electron chi connectivity index (χ2n) is 7.71. The predicted octanol–water partition coefficient (Wildman–Crippen LogP) is 4.58. The maximum atomic E-state index is 13.6. The van der Waals surface area contributed by atoms with Crippen LogP contribution in [0.25, 0.3) is 0 Å². The molecule has 2 fully saturated rings. The Morgan fingerprint density at radius 3 is 2.47 bits per heavy atom. The summed E-state index contributed by atoms with van der Waals surface area (Å²) < 4.78 is 41.6. The number of carboxylic acids is 1. The van der Waals surface area contributed by atoms with Crippen LogP contribution in [0.1, 0.15) is 43.4 Å². The monoisotopic (exact) mass is 510 g/mol. The minimum Gasteiger partial charge on any atom is -0.480 e. The first kappa shape index (κ1) is 23.1. The lowest BCUT2D eigenvalue weighted by Crippen LogP contribution is -2.69. The van der Waals surface area contributed by atoms with Crippen molar-refractivity contribution in [1.82, 2.24) is 10.2 Å². The fourth-order valence-electron chi connectivity index (χ4n) is 4.26. The number of thiophene rings is 1. The van der Waals surface area contributed by atoms with Crippen molar-refractivity contribution in [2.75, 3.05) is 0 Å². The number of carbonyl (C=O) groups excluding carboxylic acids is 2.